The second-order valence-electron chi connectivity index (χ2n) is 3.96. The Morgan fingerprint density at radius 2 is 2.17 bits per heavy atom. The molecule has 0 radical (unpaired) electrons. The molecule has 0 aliphatic rings. The maximum absolute atomic E-state index is 11.6. The predicted molar refractivity (Wildman–Crippen MR) is 66.5 cm³/mol. The van der Waals surface area contributed by atoms with Crippen molar-refractivity contribution in [3.05, 3.63) is 23.7 Å². The average molecular weight is 273 g/mol. The van der Waals surface area contributed by atoms with Crippen molar-refractivity contribution >= 4 is 23.6 Å². The first-order chi connectivity index (χ1) is 8.36. The Kier molecular flexibility index (Phi) is 4.80. The summed E-state index contributed by atoms with van der Waals surface area (Å²) >= 11 is 1.56. The van der Waals surface area contributed by atoms with Crippen molar-refractivity contribution in [2.24, 2.45) is 0 Å². The van der Waals surface area contributed by atoms with E-state index in [0.29, 0.717) is 11.5 Å². The van der Waals surface area contributed by atoms with E-state index in [4.69, 9.17) is 9.52 Å². The van der Waals surface area contributed by atoms with Gasteiger partial charge in [-0.3, -0.25) is 4.79 Å². The Morgan fingerprint density at radius 1 is 1.50 bits per heavy atom. The van der Waals surface area contributed by atoms with Crippen molar-refractivity contribution in [2.45, 2.75) is 18.3 Å². The predicted octanol–water partition coefficient (Wildman–Crippen LogP) is 0.708. The first kappa shape index (κ1) is 14.6. The summed E-state index contributed by atoms with van der Waals surface area (Å²) in [5.74, 6) is -0.535. The first-order valence-corrected chi connectivity index (χ1v) is 6.58. The SMILES string of the molecule is CSCc1ccc(C(=O)NCC(C)(O)C(=O)O)o1. The zero-order chi connectivity index (χ0) is 13.8. The third kappa shape index (κ3) is 3.78. The van der Waals surface area contributed by atoms with E-state index >= 15 is 0 Å². The van der Waals surface area contributed by atoms with Crippen molar-refractivity contribution in [2.75, 3.05) is 12.8 Å². The summed E-state index contributed by atoms with van der Waals surface area (Å²) in [7, 11) is 0. The Balaban J connectivity index is 2.57. The van der Waals surface area contributed by atoms with E-state index in [-0.39, 0.29) is 12.3 Å². The van der Waals surface area contributed by atoms with Crippen molar-refractivity contribution < 1.29 is 24.2 Å². The van der Waals surface area contributed by atoms with Gasteiger partial charge in [0.15, 0.2) is 11.4 Å². The van der Waals surface area contributed by atoms with Crippen LogP contribution in [0, 0.1) is 0 Å². The molecule has 1 unspecified atom stereocenters. The van der Waals surface area contributed by atoms with Gasteiger partial charge in [-0.05, 0) is 25.3 Å². The van der Waals surface area contributed by atoms with Crippen LogP contribution in [0.5, 0.6) is 0 Å². The van der Waals surface area contributed by atoms with Crippen LogP contribution in [0.25, 0.3) is 0 Å². The fraction of sp³-hybridized carbons (Fsp3) is 0.455. The van der Waals surface area contributed by atoms with E-state index in [0.717, 1.165) is 6.92 Å². The van der Waals surface area contributed by atoms with Crippen LogP contribution >= 0.6 is 11.8 Å². The van der Waals surface area contributed by atoms with Gasteiger partial charge in [0.05, 0.1) is 12.3 Å². The third-order valence-corrected chi connectivity index (χ3v) is 2.80. The fourth-order valence-corrected chi connectivity index (χ4v) is 1.57. The van der Waals surface area contributed by atoms with Gasteiger partial charge >= 0.3 is 5.97 Å². The molecule has 0 aromatic carbocycles. The molecule has 100 valence electrons. The van der Waals surface area contributed by atoms with E-state index in [2.05, 4.69) is 5.32 Å². The highest BCUT2D eigenvalue weighted by atomic mass is 32.2. The number of hydrogen-bond donors (Lipinski definition) is 3. The molecule has 3 N–H and O–H groups in total. The van der Waals surface area contributed by atoms with Gasteiger partial charge in [0.25, 0.3) is 5.91 Å². The van der Waals surface area contributed by atoms with Gasteiger partial charge < -0.3 is 19.9 Å². The molecule has 7 heteroatoms. The van der Waals surface area contributed by atoms with Crippen LogP contribution in [0.2, 0.25) is 0 Å². The summed E-state index contributed by atoms with van der Waals surface area (Å²) in [6.45, 7) is 0.719. The number of amides is 1. The lowest BCUT2D eigenvalue weighted by molar-refractivity contribution is -0.155. The molecule has 0 aliphatic carbocycles. The molecule has 1 atom stereocenters. The molecule has 0 saturated heterocycles. The number of carboxylic acids is 1. The second-order valence-corrected chi connectivity index (χ2v) is 4.83. The number of nitrogens with one attached hydrogen (secondary N) is 1. The summed E-state index contributed by atoms with van der Waals surface area (Å²) in [6.07, 6.45) is 1.91. The van der Waals surface area contributed by atoms with Crippen LogP contribution < -0.4 is 5.32 Å². The van der Waals surface area contributed by atoms with Gasteiger partial charge in [0, 0.05) is 0 Å². The van der Waals surface area contributed by atoms with Gasteiger partial charge in [-0.2, -0.15) is 11.8 Å². The zero-order valence-electron chi connectivity index (χ0n) is 10.1. The monoisotopic (exact) mass is 273 g/mol. The lowest BCUT2D eigenvalue weighted by atomic mass is 10.1. The van der Waals surface area contributed by atoms with E-state index in [1.54, 1.807) is 17.8 Å². The van der Waals surface area contributed by atoms with Crippen LogP contribution in [-0.4, -0.2) is 40.5 Å². The molecular weight excluding hydrogens is 258 g/mol. The van der Waals surface area contributed by atoms with Crippen LogP contribution in [-0.2, 0) is 10.5 Å². The minimum atomic E-state index is -2.00. The Morgan fingerprint density at radius 3 is 2.72 bits per heavy atom. The Bertz CT molecular complexity index is 440. The maximum atomic E-state index is 11.6. The molecule has 6 nitrogen and oxygen atoms in total. The normalized spacial score (nSPS) is 13.9. The quantitative estimate of drug-likeness (QED) is 0.706. The lowest BCUT2D eigenvalue weighted by Crippen LogP contribution is -2.46. The number of carbonyl (C=O) groups excluding carboxylic acids is 1. The zero-order valence-corrected chi connectivity index (χ0v) is 10.9. The van der Waals surface area contributed by atoms with Gasteiger partial charge in [-0.25, -0.2) is 4.79 Å². The van der Waals surface area contributed by atoms with Crippen molar-refractivity contribution in [3.8, 4) is 0 Å². The Labute approximate surface area is 108 Å². The van der Waals surface area contributed by atoms with E-state index in [1.165, 1.54) is 6.07 Å². The number of aliphatic carboxylic acids is 1. The highest BCUT2D eigenvalue weighted by Crippen LogP contribution is 2.13. The van der Waals surface area contributed by atoms with E-state index in [1.807, 2.05) is 6.26 Å². The largest absolute Gasteiger partial charge is 0.479 e. The van der Waals surface area contributed by atoms with E-state index in [9.17, 15) is 14.7 Å². The molecule has 1 aromatic heterocycles. The molecule has 0 spiro atoms. The average Bonchev–Trinajstić information content (AvgIpc) is 2.75. The number of rotatable bonds is 6. The van der Waals surface area contributed by atoms with Crippen LogP contribution in [0.3, 0.4) is 0 Å². The molecule has 1 aromatic rings. The van der Waals surface area contributed by atoms with Crippen LogP contribution in [0.1, 0.15) is 23.2 Å². The molecule has 1 heterocycles. The molecule has 0 saturated carbocycles. The van der Waals surface area contributed by atoms with Crippen molar-refractivity contribution in [1.29, 1.82) is 0 Å². The molecule has 1 rings (SSSR count). The topological polar surface area (TPSA) is 99.8 Å². The van der Waals surface area contributed by atoms with E-state index < -0.39 is 17.5 Å². The maximum Gasteiger partial charge on any atom is 0.337 e. The highest BCUT2D eigenvalue weighted by Gasteiger charge is 2.30. The second kappa shape index (κ2) is 5.92. The minimum absolute atomic E-state index is 0.0974. The molecule has 18 heavy (non-hydrogen) atoms. The number of carboxylic acid groups (broad SMARTS) is 1. The minimum Gasteiger partial charge on any atom is -0.479 e. The van der Waals surface area contributed by atoms with Crippen LogP contribution in [0.15, 0.2) is 16.5 Å². The van der Waals surface area contributed by atoms with Gasteiger partial charge in [0.2, 0.25) is 0 Å². The summed E-state index contributed by atoms with van der Waals surface area (Å²) < 4.78 is 5.25. The molecule has 0 aliphatic heterocycles. The van der Waals surface area contributed by atoms with Crippen LogP contribution in [0.4, 0.5) is 0 Å². The number of thioether (sulfide) groups is 1. The Hall–Kier alpha value is -1.47. The van der Waals surface area contributed by atoms with Crippen molar-refractivity contribution in [1.82, 2.24) is 5.32 Å². The molecule has 0 fully saturated rings. The number of hydrogen-bond acceptors (Lipinski definition) is 5. The fourth-order valence-electron chi connectivity index (χ4n) is 1.13. The number of carbonyl (C=O) groups is 2. The third-order valence-electron chi connectivity index (χ3n) is 2.23. The molecular formula is C11H15NO5S. The summed E-state index contributed by atoms with van der Waals surface area (Å²) in [4.78, 5) is 22.2. The summed E-state index contributed by atoms with van der Waals surface area (Å²) in [5, 5.41) is 20.4. The highest BCUT2D eigenvalue weighted by molar-refractivity contribution is 7.97. The lowest BCUT2D eigenvalue weighted by Gasteiger charge is -2.17. The number of aliphatic hydroxyl groups is 1. The molecule has 1 amide bonds. The van der Waals surface area contributed by atoms with Crippen molar-refractivity contribution in [3.63, 3.8) is 0 Å². The van der Waals surface area contributed by atoms with Gasteiger partial charge in [-0.1, -0.05) is 0 Å². The first-order valence-electron chi connectivity index (χ1n) is 5.18. The van der Waals surface area contributed by atoms with Gasteiger partial charge in [0.1, 0.15) is 5.76 Å². The molecule has 0 bridgehead atoms. The van der Waals surface area contributed by atoms with Gasteiger partial charge in [-0.15, -0.1) is 0 Å². The standard InChI is InChI=1S/C11H15NO5S/c1-11(16,10(14)15)6-12-9(13)8-4-3-7(17-8)5-18-2/h3-4,16H,5-6H2,1-2H3,(H,12,13)(H,14,15). The smallest absolute Gasteiger partial charge is 0.337 e. The summed E-state index contributed by atoms with van der Waals surface area (Å²) in [5.41, 5.74) is -2.00. The number of furan rings is 1. The summed E-state index contributed by atoms with van der Waals surface area (Å²) in [6, 6.07) is 3.19.